The minimum atomic E-state index is -0.406. The van der Waals surface area contributed by atoms with Crippen molar-refractivity contribution in [3.8, 4) is 11.1 Å². The van der Waals surface area contributed by atoms with Crippen molar-refractivity contribution in [3.05, 3.63) is 64.8 Å². The maximum Gasteiger partial charge on any atom is 0.414 e. The summed E-state index contributed by atoms with van der Waals surface area (Å²) in [7, 11) is -0.0160. The molecule has 1 saturated carbocycles. The first kappa shape index (κ1) is 23.7. The number of cyclic esters (lactones) is 1. The zero-order valence-corrected chi connectivity index (χ0v) is 22.3. The monoisotopic (exact) mass is 535 g/mol. The van der Waals surface area contributed by atoms with Crippen LogP contribution in [0.5, 0.6) is 0 Å². The normalized spacial score (nSPS) is 22.5. The van der Waals surface area contributed by atoms with Crippen LogP contribution in [0.4, 0.5) is 10.5 Å². The second kappa shape index (κ2) is 10.1. The van der Waals surface area contributed by atoms with Crippen molar-refractivity contribution in [1.29, 1.82) is 0 Å². The minimum Gasteiger partial charge on any atom is -0.449 e. The summed E-state index contributed by atoms with van der Waals surface area (Å²) < 4.78 is 26.3. The lowest BCUT2D eigenvalue weighted by Gasteiger charge is -2.37. The van der Waals surface area contributed by atoms with Crippen molar-refractivity contribution in [2.24, 2.45) is 0 Å². The number of benzene rings is 2. The Balaban J connectivity index is 1.48. The molecule has 1 amide bonds. The van der Waals surface area contributed by atoms with E-state index in [0.717, 1.165) is 65.1 Å². The van der Waals surface area contributed by atoms with Gasteiger partial charge in [0.05, 0.1) is 30.8 Å². The molecule has 1 saturated heterocycles. The van der Waals surface area contributed by atoms with Gasteiger partial charge in [0, 0.05) is 35.8 Å². The first-order chi connectivity index (χ1) is 18.9. The van der Waals surface area contributed by atoms with Crippen LogP contribution < -0.4 is 4.90 Å². The number of carbonyl (C=O) groups excluding carboxylic acids is 1. The van der Waals surface area contributed by atoms with Gasteiger partial charge in [-0.25, -0.2) is 9.78 Å². The molecule has 2 fully saturated rings. The number of ether oxygens (including phenoxy) is 2. The fourth-order valence-corrected chi connectivity index (χ4v) is 6.18. The third-order valence-corrected chi connectivity index (χ3v) is 8.03. The van der Waals surface area contributed by atoms with E-state index >= 15 is 0 Å². The summed E-state index contributed by atoms with van der Waals surface area (Å²) >= 11 is 6.32. The predicted molar refractivity (Wildman–Crippen MR) is 146 cm³/mol. The Kier molecular flexibility index (Phi) is 6.29. The number of aryl methyl sites for hydroxylation is 2. The number of anilines is 1. The molecule has 4 aromatic rings. The number of nitrogens with zero attached hydrogens (tertiary/aromatic N) is 4. The Morgan fingerprint density at radius 3 is 2.68 bits per heavy atom. The molecule has 2 aliphatic rings. The van der Waals surface area contributed by atoms with Gasteiger partial charge in [-0.15, -0.1) is 0 Å². The van der Waals surface area contributed by atoms with Crippen molar-refractivity contribution in [1.82, 2.24) is 14.7 Å². The molecular formula is C29H31ClN4O4. The second-order valence-corrected chi connectivity index (χ2v) is 10.5. The summed E-state index contributed by atoms with van der Waals surface area (Å²) in [5, 5.41) is 4.68. The van der Waals surface area contributed by atoms with Crippen molar-refractivity contribution in [2.45, 2.75) is 64.1 Å². The first-order valence-corrected chi connectivity index (χ1v) is 13.4. The number of hydrogen-bond donors (Lipinski definition) is 0. The van der Waals surface area contributed by atoms with Gasteiger partial charge in [-0.2, -0.15) is 0 Å². The Labute approximate surface area is 227 Å². The van der Waals surface area contributed by atoms with Crippen molar-refractivity contribution >= 4 is 34.4 Å². The van der Waals surface area contributed by atoms with Gasteiger partial charge in [0.25, 0.3) is 0 Å². The summed E-state index contributed by atoms with van der Waals surface area (Å²) in [6, 6.07) is 13.5. The number of methoxy groups -OCH3 is 1. The average molecular weight is 536 g/mol. The summed E-state index contributed by atoms with van der Waals surface area (Å²) in [6.07, 6.45) is 3.88. The van der Waals surface area contributed by atoms with E-state index in [2.05, 4.69) is 27.9 Å². The molecule has 2 aromatic heterocycles. The van der Waals surface area contributed by atoms with Crippen LogP contribution in [0.1, 0.15) is 62.8 Å². The number of hydrogen-bond acceptors (Lipinski definition) is 6. The number of fused-ring (bicyclic) bond motifs is 1. The highest BCUT2D eigenvalue weighted by Gasteiger charge is 2.37. The topological polar surface area (TPSA) is 82.6 Å². The second-order valence-electron chi connectivity index (χ2n) is 10.1. The molecule has 1 atom stereocenters. The molecule has 3 heterocycles. The molecule has 0 radical (unpaired) electrons. The van der Waals surface area contributed by atoms with Crippen LogP contribution >= 0.6 is 11.6 Å². The van der Waals surface area contributed by atoms with Crippen LogP contribution in [0.2, 0.25) is 5.02 Å². The number of rotatable bonds is 5. The SMILES string of the molecule is [2H]COC1CCC(n2c([C@@H]3CCOC(=O)N3c3cccc(Cl)c3)nc3cc(-c4c(C)noc4C)ccc32)CC1. The third-order valence-electron chi connectivity index (χ3n) is 7.79. The van der Waals surface area contributed by atoms with E-state index in [0.29, 0.717) is 23.7 Å². The summed E-state index contributed by atoms with van der Waals surface area (Å²) in [6.45, 7) is 4.17. The highest BCUT2D eigenvalue weighted by Crippen LogP contribution is 2.41. The fraction of sp³-hybridized carbons (Fsp3) is 0.414. The molecule has 38 heavy (non-hydrogen) atoms. The Bertz CT molecular complexity index is 1490. The molecule has 0 spiro atoms. The maximum absolute atomic E-state index is 13.2. The molecule has 0 unspecified atom stereocenters. The number of imidazole rings is 1. The van der Waals surface area contributed by atoms with Gasteiger partial charge in [0.1, 0.15) is 17.6 Å². The molecule has 6 rings (SSSR count). The van der Waals surface area contributed by atoms with Crippen LogP contribution in [0.25, 0.3) is 22.2 Å². The van der Waals surface area contributed by atoms with Gasteiger partial charge in [-0.05, 0) is 75.4 Å². The van der Waals surface area contributed by atoms with Crippen molar-refractivity contribution in [3.63, 3.8) is 0 Å². The molecule has 0 N–H and O–H groups in total. The van der Waals surface area contributed by atoms with E-state index in [1.807, 2.05) is 26.0 Å². The number of aromatic nitrogens is 3. The van der Waals surface area contributed by atoms with Crippen molar-refractivity contribution in [2.75, 3.05) is 18.6 Å². The first-order valence-electron chi connectivity index (χ1n) is 13.7. The Hall–Kier alpha value is -3.36. The van der Waals surface area contributed by atoms with E-state index < -0.39 is 6.09 Å². The number of amides is 1. The zero-order chi connectivity index (χ0) is 27.1. The molecule has 0 bridgehead atoms. The van der Waals surface area contributed by atoms with Crippen LogP contribution in [0.3, 0.4) is 0 Å². The van der Waals surface area contributed by atoms with Gasteiger partial charge >= 0.3 is 6.09 Å². The van der Waals surface area contributed by atoms with Crippen LogP contribution in [0, 0.1) is 13.8 Å². The molecule has 8 nitrogen and oxygen atoms in total. The van der Waals surface area contributed by atoms with Crippen LogP contribution in [-0.2, 0) is 9.47 Å². The predicted octanol–water partition coefficient (Wildman–Crippen LogP) is 7.18. The van der Waals surface area contributed by atoms with Gasteiger partial charge < -0.3 is 18.6 Å². The quantitative estimate of drug-likeness (QED) is 0.269. The van der Waals surface area contributed by atoms with Crippen molar-refractivity contribution < 1.29 is 20.2 Å². The number of carbonyl (C=O) groups is 1. The summed E-state index contributed by atoms with van der Waals surface area (Å²) in [5.74, 6) is 1.60. The lowest BCUT2D eigenvalue weighted by atomic mass is 9.92. The van der Waals surface area contributed by atoms with E-state index in [1.54, 1.807) is 17.0 Å². The highest BCUT2D eigenvalue weighted by molar-refractivity contribution is 6.30. The van der Waals surface area contributed by atoms with Crippen LogP contribution in [-0.4, -0.2) is 40.6 Å². The summed E-state index contributed by atoms with van der Waals surface area (Å²) in [4.78, 5) is 20.0. The number of halogens is 1. The molecule has 198 valence electrons. The molecular weight excluding hydrogens is 504 g/mol. The maximum atomic E-state index is 13.2. The minimum absolute atomic E-state index is 0.0160. The van der Waals surface area contributed by atoms with Gasteiger partial charge in [-0.3, -0.25) is 4.90 Å². The Morgan fingerprint density at radius 1 is 1.11 bits per heavy atom. The largest absolute Gasteiger partial charge is 0.449 e. The van der Waals surface area contributed by atoms with Gasteiger partial charge in [0.2, 0.25) is 0 Å². The standard InChI is InChI=1S/C29H31ClN4O4/c1-17-27(18(2)38-32-17)19-7-12-25-24(15-19)31-28(33(25)21-8-10-23(36-3)11-9-21)26-13-14-37-29(35)34(26)22-6-4-5-20(30)16-22/h4-7,12,15-16,21,23,26H,8-11,13-14H2,1-3H3/t21?,23?,26-/m0/s1/i3D. The van der Waals surface area contributed by atoms with E-state index in [-0.39, 0.29) is 25.3 Å². The van der Waals surface area contributed by atoms with E-state index in [9.17, 15) is 4.79 Å². The average Bonchev–Trinajstić information content (AvgIpc) is 3.47. The van der Waals surface area contributed by atoms with E-state index in [1.165, 1.54) is 0 Å². The smallest absolute Gasteiger partial charge is 0.414 e. The van der Waals surface area contributed by atoms with Gasteiger partial charge in [0.15, 0.2) is 0 Å². The van der Waals surface area contributed by atoms with Crippen LogP contribution in [0.15, 0.2) is 47.0 Å². The lowest BCUT2D eigenvalue weighted by molar-refractivity contribution is 0.0582. The molecule has 1 aliphatic carbocycles. The molecule has 2 aromatic carbocycles. The molecule has 9 heteroatoms. The summed E-state index contributed by atoms with van der Waals surface area (Å²) in [5.41, 5.74) is 5.37. The highest BCUT2D eigenvalue weighted by atomic mass is 35.5. The Morgan fingerprint density at radius 2 is 1.95 bits per heavy atom. The van der Waals surface area contributed by atoms with E-state index in [4.69, 9.17) is 32.0 Å². The fourth-order valence-electron chi connectivity index (χ4n) is 6.00. The lowest BCUT2D eigenvalue weighted by Crippen LogP contribution is -2.42. The third kappa shape index (κ3) is 4.35. The molecule has 1 aliphatic heterocycles. The van der Waals surface area contributed by atoms with Gasteiger partial charge in [-0.1, -0.05) is 28.9 Å². The zero-order valence-electron chi connectivity index (χ0n) is 22.5.